The van der Waals surface area contributed by atoms with Crippen LogP contribution in [0.4, 0.5) is 0 Å². The summed E-state index contributed by atoms with van der Waals surface area (Å²) in [4.78, 5) is 33.9. The Labute approximate surface area is 215 Å². The summed E-state index contributed by atoms with van der Waals surface area (Å²) in [6.45, 7) is 0. The average Bonchev–Trinajstić information content (AvgIpc) is 2.93. The number of hydrogen-bond donors (Lipinski definition) is 3. The monoisotopic (exact) mass is 495 g/mol. The lowest BCUT2D eigenvalue weighted by Crippen LogP contribution is -2.31. The Kier molecular flexibility index (Phi) is 7.23. The third-order valence-corrected chi connectivity index (χ3v) is 6.90. The number of carboxylic acid groups (broad SMARTS) is 1. The summed E-state index contributed by atoms with van der Waals surface area (Å²) in [6, 6.07) is 23.3. The van der Waals surface area contributed by atoms with Crippen LogP contribution in [0.1, 0.15) is 58.9 Å². The maximum absolute atomic E-state index is 13.2. The molecular formula is C30H29N3O4. The predicted octanol–water partition coefficient (Wildman–Crippen LogP) is 4.87. The van der Waals surface area contributed by atoms with Crippen molar-refractivity contribution in [1.29, 1.82) is 0 Å². The van der Waals surface area contributed by atoms with Gasteiger partial charge in [0.2, 0.25) is 0 Å². The first-order chi connectivity index (χ1) is 18.0. The number of fused-ring (bicyclic) bond motifs is 2. The summed E-state index contributed by atoms with van der Waals surface area (Å²) in [5.74, 6) is -1.38. The van der Waals surface area contributed by atoms with E-state index in [4.69, 9.17) is 15.1 Å². The van der Waals surface area contributed by atoms with Gasteiger partial charge in [0.1, 0.15) is 0 Å². The number of benzene rings is 3. The Morgan fingerprint density at radius 2 is 1.76 bits per heavy atom. The Morgan fingerprint density at radius 3 is 2.57 bits per heavy atom. The number of carbonyl (C=O) groups is 2. The molecule has 0 saturated carbocycles. The zero-order chi connectivity index (χ0) is 25.8. The Bertz CT molecular complexity index is 1440. The van der Waals surface area contributed by atoms with Crippen LogP contribution in [0.25, 0.3) is 22.3 Å². The molecule has 3 N–H and O–H groups in total. The normalized spacial score (nSPS) is 15.6. The number of aliphatic carboxylic acids is 1. The number of nitrogens with zero attached hydrogens (tertiary/aromatic N) is 2. The van der Waals surface area contributed by atoms with E-state index in [2.05, 4.69) is 17.4 Å². The van der Waals surface area contributed by atoms with Gasteiger partial charge in [0.05, 0.1) is 28.5 Å². The molecule has 188 valence electrons. The molecule has 1 amide bonds. The lowest BCUT2D eigenvalue weighted by atomic mass is 9.87. The summed E-state index contributed by atoms with van der Waals surface area (Å²) >= 11 is 0. The average molecular weight is 496 g/mol. The lowest BCUT2D eigenvalue weighted by Gasteiger charge is -2.26. The van der Waals surface area contributed by atoms with Crippen molar-refractivity contribution in [3.63, 3.8) is 0 Å². The van der Waals surface area contributed by atoms with Crippen LogP contribution >= 0.6 is 0 Å². The van der Waals surface area contributed by atoms with Crippen LogP contribution in [0.2, 0.25) is 0 Å². The minimum Gasteiger partial charge on any atom is -0.479 e. The Morgan fingerprint density at radius 1 is 0.973 bits per heavy atom. The van der Waals surface area contributed by atoms with Crippen LogP contribution in [0.15, 0.2) is 72.8 Å². The first kappa shape index (κ1) is 24.6. The van der Waals surface area contributed by atoms with Gasteiger partial charge in [-0.2, -0.15) is 0 Å². The van der Waals surface area contributed by atoms with Crippen LogP contribution in [0.5, 0.6) is 0 Å². The van der Waals surface area contributed by atoms with Gasteiger partial charge in [-0.3, -0.25) is 4.79 Å². The molecule has 3 aromatic carbocycles. The number of hydrogen-bond acceptors (Lipinski definition) is 5. The van der Waals surface area contributed by atoms with Crippen LogP contribution in [-0.2, 0) is 17.6 Å². The highest BCUT2D eigenvalue weighted by atomic mass is 16.4. The van der Waals surface area contributed by atoms with Crippen molar-refractivity contribution in [3.05, 3.63) is 95.2 Å². The number of nitrogens with one attached hydrogen (secondary N) is 1. The molecule has 0 radical (unpaired) electrons. The van der Waals surface area contributed by atoms with Gasteiger partial charge in [-0.1, -0.05) is 54.6 Å². The molecule has 0 spiro atoms. The van der Waals surface area contributed by atoms with Crippen molar-refractivity contribution >= 4 is 22.9 Å². The number of carboxylic acids is 1. The number of aliphatic hydroxyl groups is 1. The quantitative estimate of drug-likeness (QED) is 0.321. The SMILES string of the molecule is O=C(N[C@@H]1CCCc2ccccc21)c1ccc2nc(-c3ccccc3)c(CCCC(O)C(=O)O)nc2c1. The van der Waals surface area contributed by atoms with E-state index >= 15 is 0 Å². The third kappa shape index (κ3) is 5.52. The fourth-order valence-electron chi connectivity index (χ4n) is 4.97. The summed E-state index contributed by atoms with van der Waals surface area (Å²) in [5.41, 5.74) is 6.59. The highest BCUT2D eigenvalue weighted by Crippen LogP contribution is 2.30. The van der Waals surface area contributed by atoms with E-state index in [1.165, 1.54) is 11.1 Å². The van der Waals surface area contributed by atoms with Gasteiger partial charge >= 0.3 is 5.97 Å². The molecule has 2 atom stereocenters. The second-order valence-corrected chi connectivity index (χ2v) is 9.45. The van der Waals surface area contributed by atoms with Crippen LogP contribution in [-0.4, -0.2) is 38.2 Å². The molecule has 1 heterocycles. The second-order valence-electron chi connectivity index (χ2n) is 9.45. The van der Waals surface area contributed by atoms with E-state index in [1.54, 1.807) is 12.1 Å². The summed E-state index contributed by atoms with van der Waals surface area (Å²) in [5, 5.41) is 21.9. The minimum absolute atomic E-state index is 0.0177. The van der Waals surface area contributed by atoms with Crippen molar-refractivity contribution in [2.75, 3.05) is 0 Å². The summed E-state index contributed by atoms with van der Waals surface area (Å²) < 4.78 is 0. The number of aliphatic hydroxyl groups excluding tert-OH is 1. The number of aromatic nitrogens is 2. The molecule has 0 fully saturated rings. The van der Waals surface area contributed by atoms with Crippen molar-refractivity contribution in [2.45, 2.75) is 50.7 Å². The van der Waals surface area contributed by atoms with E-state index in [0.717, 1.165) is 24.8 Å². The van der Waals surface area contributed by atoms with E-state index in [-0.39, 0.29) is 18.4 Å². The largest absolute Gasteiger partial charge is 0.479 e. The molecule has 37 heavy (non-hydrogen) atoms. The molecule has 7 heteroatoms. The van der Waals surface area contributed by atoms with Crippen LogP contribution in [0, 0.1) is 0 Å². The van der Waals surface area contributed by atoms with Gasteiger partial charge in [-0.25, -0.2) is 14.8 Å². The third-order valence-electron chi connectivity index (χ3n) is 6.90. The van der Waals surface area contributed by atoms with E-state index < -0.39 is 12.1 Å². The molecule has 5 rings (SSSR count). The smallest absolute Gasteiger partial charge is 0.332 e. The fraction of sp³-hybridized carbons (Fsp3) is 0.267. The van der Waals surface area contributed by atoms with Gasteiger partial charge in [0, 0.05) is 11.1 Å². The predicted molar refractivity (Wildman–Crippen MR) is 141 cm³/mol. The minimum atomic E-state index is -1.41. The molecule has 1 aromatic heterocycles. The van der Waals surface area contributed by atoms with Gasteiger partial charge in [-0.15, -0.1) is 0 Å². The highest BCUT2D eigenvalue weighted by Gasteiger charge is 2.22. The van der Waals surface area contributed by atoms with E-state index in [0.29, 0.717) is 40.8 Å². The maximum Gasteiger partial charge on any atom is 0.332 e. The van der Waals surface area contributed by atoms with E-state index in [1.807, 2.05) is 48.5 Å². The Balaban J connectivity index is 1.43. The molecule has 0 bridgehead atoms. The second kappa shape index (κ2) is 10.9. The number of carbonyl (C=O) groups excluding carboxylic acids is 1. The van der Waals surface area contributed by atoms with Crippen molar-refractivity contribution in [2.24, 2.45) is 0 Å². The first-order valence-corrected chi connectivity index (χ1v) is 12.7. The highest BCUT2D eigenvalue weighted by molar-refractivity contribution is 5.97. The van der Waals surface area contributed by atoms with Crippen molar-refractivity contribution in [1.82, 2.24) is 15.3 Å². The lowest BCUT2D eigenvalue weighted by molar-refractivity contribution is -0.146. The fourth-order valence-corrected chi connectivity index (χ4v) is 4.97. The molecule has 1 aliphatic carbocycles. The zero-order valence-electron chi connectivity index (χ0n) is 20.4. The van der Waals surface area contributed by atoms with Crippen molar-refractivity contribution in [3.8, 4) is 11.3 Å². The number of amides is 1. The Hall–Kier alpha value is -4.10. The van der Waals surface area contributed by atoms with Crippen molar-refractivity contribution < 1.29 is 19.8 Å². The molecule has 4 aromatic rings. The molecule has 0 saturated heterocycles. The van der Waals surface area contributed by atoms with Crippen LogP contribution < -0.4 is 5.32 Å². The van der Waals surface area contributed by atoms with E-state index in [9.17, 15) is 14.7 Å². The molecule has 1 unspecified atom stereocenters. The maximum atomic E-state index is 13.2. The summed E-state index contributed by atoms with van der Waals surface area (Å²) in [6.07, 6.45) is 2.57. The summed E-state index contributed by atoms with van der Waals surface area (Å²) in [7, 11) is 0. The topological polar surface area (TPSA) is 112 Å². The van der Waals surface area contributed by atoms with Gasteiger partial charge in [-0.05, 0) is 67.9 Å². The molecular weight excluding hydrogens is 466 g/mol. The number of rotatable bonds is 8. The van der Waals surface area contributed by atoms with Gasteiger partial charge in [0.25, 0.3) is 5.91 Å². The number of aryl methyl sites for hydroxylation is 2. The first-order valence-electron chi connectivity index (χ1n) is 12.7. The standard InChI is InChI=1S/C30H29N3O4/c34-27(30(36)37)15-7-14-25-28(20-9-2-1-3-10-20)32-24-17-16-21(18-26(24)31-25)29(35)33-23-13-6-11-19-8-4-5-12-22(19)23/h1-5,8-10,12,16-18,23,27,34H,6-7,11,13-15H2,(H,33,35)(H,36,37)/t23-,27?/m1/s1. The van der Waals surface area contributed by atoms with Crippen LogP contribution in [0.3, 0.4) is 0 Å². The molecule has 1 aliphatic rings. The molecule has 7 nitrogen and oxygen atoms in total. The van der Waals surface area contributed by atoms with Gasteiger partial charge < -0.3 is 15.5 Å². The van der Waals surface area contributed by atoms with Gasteiger partial charge in [0.15, 0.2) is 6.10 Å². The zero-order valence-corrected chi connectivity index (χ0v) is 20.4. The molecule has 0 aliphatic heterocycles.